The molecule has 2 aromatic rings. The Balaban J connectivity index is 1.62. The molecule has 130 valence electrons. The van der Waals surface area contributed by atoms with Gasteiger partial charge < -0.3 is 14.2 Å². The Labute approximate surface area is 149 Å². The SMILES string of the molecule is COc1ccc2c(c1)OCC(C=C1N=C(c3ccc(F)cc3)OC1=O)=C2. The summed E-state index contributed by atoms with van der Waals surface area (Å²) in [6.45, 7) is 0.304. The summed E-state index contributed by atoms with van der Waals surface area (Å²) in [5, 5.41) is 0. The van der Waals surface area contributed by atoms with Crippen LogP contribution >= 0.6 is 0 Å². The molecule has 0 saturated carbocycles. The minimum Gasteiger partial charge on any atom is -0.497 e. The molecule has 5 nitrogen and oxygen atoms in total. The van der Waals surface area contributed by atoms with Crippen LogP contribution in [-0.4, -0.2) is 25.6 Å². The quantitative estimate of drug-likeness (QED) is 0.627. The summed E-state index contributed by atoms with van der Waals surface area (Å²) in [4.78, 5) is 16.3. The third kappa shape index (κ3) is 3.09. The first-order valence-electron chi connectivity index (χ1n) is 7.92. The third-order valence-corrected chi connectivity index (χ3v) is 3.99. The predicted octanol–water partition coefficient (Wildman–Crippen LogP) is 3.50. The minimum atomic E-state index is -0.550. The number of rotatable bonds is 3. The van der Waals surface area contributed by atoms with E-state index in [4.69, 9.17) is 14.2 Å². The summed E-state index contributed by atoms with van der Waals surface area (Å²) in [6.07, 6.45) is 3.55. The monoisotopic (exact) mass is 351 g/mol. The molecule has 0 amide bonds. The van der Waals surface area contributed by atoms with Crippen LogP contribution in [0, 0.1) is 5.82 Å². The Bertz CT molecular complexity index is 974. The van der Waals surface area contributed by atoms with Gasteiger partial charge in [-0.25, -0.2) is 14.2 Å². The molecule has 0 saturated heterocycles. The number of methoxy groups -OCH3 is 1. The zero-order valence-electron chi connectivity index (χ0n) is 13.9. The zero-order valence-corrected chi connectivity index (χ0v) is 13.9. The fraction of sp³-hybridized carbons (Fsp3) is 0.100. The summed E-state index contributed by atoms with van der Waals surface area (Å²) < 4.78 is 29.1. The number of carbonyl (C=O) groups excluding carboxylic acids is 1. The number of aliphatic imine (C=N–C) groups is 1. The van der Waals surface area contributed by atoms with Gasteiger partial charge in [0.05, 0.1) is 7.11 Å². The lowest BCUT2D eigenvalue weighted by Gasteiger charge is -2.16. The van der Waals surface area contributed by atoms with Crippen LogP contribution in [0.5, 0.6) is 11.5 Å². The van der Waals surface area contributed by atoms with Crippen LogP contribution in [-0.2, 0) is 9.53 Å². The van der Waals surface area contributed by atoms with Gasteiger partial charge in [-0.15, -0.1) is 0 Å². The van der Waals surface area contributed by atoms with E-state index >= 15 is 0 Å². The van der Waals surface area contributed by atoms with E-state index in [0.717, 1.165) is 16.9 Å². The van der Waals surface area contributed by atoms with Crippen LogP contribution < -0.4 is 9.47 Å². The second-order valence-electron chi connectivity index (χ2n) is 5.75. The maximum absolute atomic E-state index is 13.0. The lowest BCUT2D eigenvalue weighted by molar-refractivity contribution is -0.130. The molecule has 2 aliphatic rings. The topological polar surface area (TPSA) is 57.1 Å². The molecule has 0 fully saturated rings. The number of cyclic esters (lactones) is 1. The van der Waals surface area contributed by atoms with E-state index < -0.39 is 5.97 Å². The van der Waals surface area contributed by atoms with Crippen LogP contribution in [0.2, 0.25) is 0 Å². The maximum atomic E-state index is 13.0. The van der Waals surface area contributed by atoms with Crippen molar-refractivity contribution in [2.75, 3.05) is 13.7 Å². The van der Waals surface area contributed by atoms with Crippen LogP contribution in [0.4, 0.5) is 4.39 Å². The third-order valence-electron chi connectivity index (χ3n) is 3.99. The Morgan fingerprint density at radius 3 is 2.77 bits per heavy atom. The summed E-state index contributed by atoms with van der Waals surface area (Å²) >= 11 is 0. The largest absolute Gasteiger partial charge is 0.497 e. The first kappa shape index (κ1) is 16.1. The summed E-state index contributed by atoms with van der Waals surface area (Å²) in [6, 6.07) is 11.1. The van der Waals surface area contributed by atoms with Crippen molar-refractivity contribution < 1.29 is 23.4 Å². The van der Waals surface area contributed by atoms with Crippen molar-refractivity contribution in [2.45, 2.75) is 0 Å². The first-order valence-corrected chi connectivity index (χ1v) is 7.92. The average molecular weight is 351 g/mol. The number of carbonyl (C=O) groups is 1. The predicted molar refractivity (Wildman–Crippen MR) is 93.6 cm³/mol. The number of halogens is 1. The molecule has 6 heteroatoms. The Morgan fingerprint density at radius 1 is 1.19 bits per heavy atom. The summed E-state index contributed by atoms with van der Waals surface area (Å²) in [5.74, 6) is 0.673. The van der Waals surface area contributed by atoms with Gasteiger partial charge in [0.25, 0.3) is 0 Å². The number of benzene rings is 2. The molecule has 2 aromatic carbocycles. The number of ether oxygens (including phenoxy) is 3. The highest BCUT2D eigenvalue weighted by Gasteiger charge is 2.25. The standard InChI is InChI=1S/C20H14FNO4/c1-24-16-7-4-14-8-12(11-25-18(14)10-16)9-17-20(23)26-19(22-17)13-2-5-15(21)6-3-13/h2-10H,11H2,1H3. The second-order valence-corrected chi connectivity index (χ2v) is 5.75. The number of hydrogen-bond donors (Lipinski definition) is 0. The molecule has 0 atom stereocenters. The van der Waals surface area contributed by atoms with E-state index in [1.807, 2.05) is 24.3 Å². The molecule has 0 spiro atoms. The fourth-order valence-electron chi connectivity index (χ4n) is 2.67. The van der Waals surface area contributed by atoms with E-state index in [1.54, 1.807) is 13.2 Å². The van der Waals surface area contributed by atoms with Gasteiger partial charge in [-0.2, -0.15) is 0 Å². The van der Waals surface area contributed by atoms with E-state index in [0.29, 0.717) is 17.9 Å². The molecule has 26 heavy (non-hydrogen) atoms. The van der Waals surface area contributed by atoms with Crippen LogP contribution in [0.1, 0.15) is 11.1 Å². The number of hydrogen-bond acceptors (Lipinski definition) is 5. The van der Waals surface area contributed by atoms with E-state index in [-0.39, 0.29) is 17.4 Å². The maximum Gasteiger partial charge on any atom is 0.363 e. The minimum absolute atomic E-state index is 0.156. The summed E-state index contributed by atoms with van der Waals surface area (Å²) in [5.41, 5.74) is 2.39. The number of fused-ring (bicyclic) bond motifs is 1. The van der Waals surface area contributed by atoms with Crippen molar-refractivity contribution in [3.05, 3.63) is 76.8 Å². The molecular formula is C20H14FNO4. The molecule has 2 heterocycles. The van der Waals surface area contributed by atoms with Crippen LogP contribution in [0.25, 0.3) is 6.08 Å². The van der Waals surface area contributed by atoms with Crippen molar-refractivity contribution in [1.82, 2.24) is 0 Å². The van der Waals surface area contributed by atoms with Gasteiger partial charge in [-0.3, -0.25) is 0 Å². The molecular weight excluding hydrogens is 337 g/mol. The van der Waals surface area contributed by atoms with Crippen molar-refractivity contribution in [1.29, 1.82) is 0 Å². The lowest BCUT2D eigenvalue weighted by Crippen LogP contribution is -2.08. The molecule has 4 rings (SSSR count). The van der Waals surface area contributed by atoms with E-state index in [1.165, 1.54) is 24.3 Å². The number of esters is 1. The van der Waals surface area contributed by atoms with Crippen LogP contribution in [0.15, 0.2) is 64.8 Å². The lowest BCUT2D eigenvalue weighted by atomic mass is 10.1. The molecule has 2 aliphatic heterocycles. The molecule has 0 aliphatic carbocycles. The molecule has 0 aromatic heterocycles. The number of nitrogens with zero attached hydrogens (tertiary/aromatic N) is 1. The Morgan fingerprint density at radius 2 is 2.00 bits per heavy atom. The van der Waals surface area contributed by atoms with Gasteiger partial charge in [0.15, 0.2) is 5.70 Å². The van der Waals surface area contributed by atoms with Gasteiger partial charge in [0.1, 0.15) is 23.9 Å². The first-order chi connectivity index (χ1) is 12.6. The van der Waals surface area contributed by atoms with Gasteiger partial charge in [-0.05, 0) is 54.1 Å². The molecule has 0 unspecified atom stereocenters. The van der Waals surface area contributed by atoms with Gasteiger partial charge in [0, 0.05) is 17.2 Å². The molecule has 0 bridgehead atoms. The van der Waals surface area contributed by atoms with Gasteiger partial charge in [0.2, 0.25) is 5.90 Å². The molecule has 0 N–H and O–H groups in total. The highest BCUT2D eigenvalue weighted by atomic mass is 19.1. The van der Waals surface area contributed by atoms with Crippen molar-refractivity contribution in [2.24, 2.45) is 4.99 Å². The average Bonchev–Trinajstić information content (AvgIpc) is 3.02. The second kappa shape index (κ2) is 6.48. The van der Waals surface area contributed by atoms with E-state index in [2.05, 4.69) is 4.99 Å². The highest BCUT2D eigenvalue weighted by Crippen LogP contribution is 2.31. The van der Waals surface area contributed by atoms with Crippen molar-refractivity contribution in [3.63, 3.8) is 0 Å². The van der Waals surface area contributed by atoms with Gasteiger partial charge in [-0.1, -0.05) is 0 Å². The van der Waals surface area contributed by atoms with Gasteiger partial charge >= 0.3 is 5.97 Å². The normalized spacial score (nSPS) is 17.2. The smallest absolute Gasteiger partial charge is 0.363 e. The fourth-order valence-corrected chi connectivity index (χ4v) is 2.67. The van der Waals surface area contributed by atoms with E-state index in [9.17, 15) is 9.18 Å². The molecule has 0 radical (unpaired) electrons. The summed E-state index contributed by atoms with van der Waals surface area (Å²) in [7, 11) is 1.60. The van der Waals surface area contributed by atoms with Crippen molar-refractivity contribution in [3.8, 4) is 11.5 Å². The Hall–Kier alpha value is -3.41. The highest BCUT2D eigenvalue weighted by molar-refractivity contribution is 6.11. The van der Waals surface area contributed by atoms with Crippen LogP contribution in [0.3, 0.4) is 0 Å². The zero-order chi connectivity index (χ0) is 18.1. The Kier molecular flexibility index (Phi) is 4.01. The van der Waals surface area contributed by atoms with Crippen molar-refractivity contribution >= 4 is 17.9 Å².